The molecule has 0 saturated heterocycles. The van der Waals surface area contributed by atoms with Gasteiger partial charge >= 0.3 is 0 Å². The second kappa shape index (κ2) is 13.3. The highest BCUT2D eigenvalue weighted by atomic mass is 16.5. The summed E-state index contributed by atoms with van der Waals surface area (Å²) in [6.07, 6.45) is 0.315. The fourth-order valence-electron chi connectivity index (χ4n) is 1.24. The van der Waals surface area contributed by atoms with Crippen molar-refractivity contribution in [2.45, 2.75) is 19.8 Å². The highest BCUT2D eigenvalue weighted by molar-refractivity contribution is 5.83. The molecule has 7 nitrogen and oxygen atoms in total. The molecular weight excluding hydrogens is 252 g/mol. The SMILES string of the molecule is CCOCCNC(=O)CCC(=O)NCCOCCO. The van der Waals surface area contributed by atoms with Crippen LogP contribution in [0.1, 0.15) is 19.8 Å². The van der Waals surface area contributed by atoms with Crippen LogP contribution in [0.4, 0.5) is 0 Å². The third-order valence-electron chi connectivity index (χ3n) is 2.16. The molecule has 0 rings (SSSR count). The Labute approximate surface area is 113 Å². The molecule has 0 bridgehead atoms. The summed E-state index contributed by atoms with van der Waals surface area (Å²) in [5.41, 5.74) is 0. The van der Waals surface area contributed by atoms with Crippen molar-refractivity contribution >= 4 is 11.8 Å². The van der Waals surface area contributed by atoms with E-state index >= 15 is 0 Å². The first kappa shape index (κ1) is 17.8. The average Bonchev–Trinajstić information content (AvgIpc) is 2.41. The molecule has 0 aromatic rings. The minimum Gasteiger partial charge on any atom is -0.394 e. The van der Waals surface area contributed by atoms with E-state index in [0.717, 1.165) is 0 Å². The first-order valence-electron chi connectivity index (χ1n) is 6.50. The van der Waals surface area contributed by atoms with Crippen LogP contribution in [0.3, 0.4) is 0 Å². The highest BCUT2D eigenvalue weighted by Gasteiger charge is 2.05. The fraction of sp³-hybridized carbons (Fsp3) is 0.833. The lowest BCUT2D eigenvalue weighted by atomic mass is 10.3. The molecule has 0 radical (unpaired) electrons. The molecule has 0 atom stereocenters. The zero-order chi connectivity index (χ0) is 14.3. The molecule has 3 N–H and O–H groups in total. The third-order valence-corrected chi connectivity index (χ3v) is 2.16. The summed E-state index contributed by atoms with van der Waals surface area (Å²) >= 11 is 0. The van der Waals surface area contributed by atoms with E-state index < -0.39 is 0 Å². The van der Waals surface area contributed by atoms with Gasteiger partial charge in [-0.25, -0.2) is 0 Å². The maximum Gasteiger partial charge on any atom is 0.220 e. The van der Waals surface area contributed by atoms with E-state index in [1.807, 2.05) is 6.92 Å². The zero-order valence-electron chi connectivity index (χ0n) is 11.4. The van der Waals surface area contributed by atoms with Crippen molar-refractivity contribution in [3.8, 4) is 0 Å². The lowest BCUT2D eigenvalue weighted by Crippen LogP contribution is -2.31. The Balaban J connectivity index is 3.38. The van der Waals surface area contributed by atoms with Gasteiger partial charge in [0.2, 0.25) is 11.8 Å². The second-order valence-electron chi connectivity index (χ2n) is 3.73. The first-order chi connectivity index (χ1) is 9.20. The monoisotopic (exact) mass is 276 g/mol. The molecule has 0 fully saturated rings. The molecule has 0 aliphatic heterocycles. The molecule has 0 aliphatic carbocycles. The van der Waals surface area contributed by atoms with E-state index in [4.69, 9.17) is 14.6 Å². The van der Waals surface area contributed by atoms with Crippen LogP contribution < -0.4 is 10.6 Å². The second-order valence-corrected chi connectivity index (χ2v) is 3.73. The number of hydrogen-bond donors (Lipinski definition) is 3. The Bertz CT molecular complexity index is 248. The summed E-state index contributed by atoms with van der Waals surface area (Å²) < 4.78 is 10.0. The van der Waals surface area contributed by atoms with Crippen LogP contribution in [-0.4, -0.2) is 63.0 Å². The summed E-state index contributed by atoms with van der Waals surface area (Å²) in [5.74, 6) is -0.348. The molecule has 0 spiro atoms. The standard InChI is InChI=1S/C12H24N2O5/c1-2-18-8-5-13-11(16)3-4-12(17)14-6-9-19-10-7-15/h15H,2-10H2,1H3,(H,13,16)(H,14,17). The fourth-order valence-corrected chi connectivity index (χ4v) is 1.24. The Morgan fingerprint density at radius 2 is 1.47 bits per heavy atom. The van der Waals surface area contributed by atoms with Crippen molar-refractivity contribution in [3.63, 3.8) is 0 Å². The number of hydrogen-bond acceptors (Lipinski definition) is 5. The van der Waals surface area contributed by atoms with Crippen molar-refractivity contribution in [1.82, 2.24) is 10.6 Å². The van der Waals surface area contributed by atoms with Crippen LogP contribution in [0.5, 0.6) is 0 Å². The molecule has 0 saturated carbocycles. The third kappa shape index (κ3) is 13.1. The minimum absolute atomic E-state index is 0.0319. The predicted octanol–water partition coefficient (Wildman–Crippen LogP) is -0.956. The molecule has 19 heavy (non-hydrogen) atoms. The average molecular weight is 276 g/mol. The van der Waals surface area contributed by atoms with Gasteiger partial charge in [-0.1, -0.05) is 0 Å². The van der Waals surface area contributed by atoms with Crippen molar-refractivity contribution < 1.29 is 24.2 Å². The van der Waals surface area contributed by atoms with Gasteiger partial charge in [0.05, 0.1) is 26.4 Å². The highest BCUT2D eigenvalue weighted by Crippen LogP contribution is 1.89. The molecule has 112 valence electrons. The Hall–Kier alpha value is -1.18. The van der Waals surface area contributed by atoms with Crippen LogP contribution in [-0.2, 0) is 19.1 Å². The normalized spacial score (nSPS) is 10.2. The Kier molecular flexibility index (Phi) is 12.4. The van der Waals surface area contributed by atoms with E-state index in [-0.39, 0.29) is 37.9 Å². The van der Waals surface area contributed by atoms with E-state index in [9.17, 15) is 9.59 Å². The number of amides is 2. The topological polar surface area (TPSA) is 96.9 Å². The number of rotatable bonds is 12. The Morgan fingerprint density at radius 1 is 0.947 bits per heavy atom. The van der Waals surface area contributed by atoms with Gasteiger partial charge in [0.15, 0.2) is 0 Å². The largest absolute Gasteiger partial charge is 0.394 e. The van der Waals surface area contributed by atoms with Gasteiger partial charge in [0.1, 0.15) is 0 Å². The predicted molar refractivity (Wildman–Crippen MR) is 69.7 cm³/mol. The minimum atomic E-state index is -0.187. The summed E-state index contributed by atoms with van der Waals surface area (Å²) in [4.78, 5) is 22.7. The van der Waals surface area contributed by atoms with Gasteiger partial charge < -0.3 is 25.2 Å². The van der Waals surface area contributed by atoms with Gasteiger partial charge in [-0.2, -0.15) is 0 Å². The van der Waals surface area contributed by atoms with Gasteiger partial charge in [-0.05, 0) is 6.92 Å². The maximum atomic E-state index is 11.3. The molecule has 0 aliphatic rings. The van der Waals surface area contributed by atoms with E-state index in [2.05, 4.69) is 10.6 Å². The number of ether oxygens (including phenoxy) is 2. The van der Waals surface area contributed by atoms with E-state index in [1.165, 1.54) is 0 Å². The summed E-state index contributed by atoms with van der Waals surface area (Å²) in [5, 5.41) is 13.7. The van der Waals surface area contributed by atoms with Gasteiger partial charge in [0, 0.05) is 32.5 Å². The van der Waals surface area contributed by atoms with E-state index in [1.54, 1.807) is 0 Å². The molecule has 0 unspecified atom stereocenters. The van der Waals surface area contributed by atoms with Crippen molar-refractivity contribution in [2.24, 2.45) is 0 Å². The summed E-state index contributed by atoms with van der Waals surface area (Å²) in [7, 11) is 0. The number of aliphatic hydroxyl groups excluding tert-OH is 1. The number of carbonyl (C=O) groups is 2. The van der Waals surface area contributed by atoms with Gasteiger partial charge in [-0.3, -0.25) is 9.59 Å². The summed E-state index contributed by atoms with van der Waals surface area (Å²) in [6.45, 7) is 4.42. The molecule has 0 aromatic carbocycles. The van der Waals surface area contributed by atoms with Crippen LogP contribution in [0.2, 0.25) is 0 Å². The molecular formula is C12H24N2O5. The number of carbonyl (C=O) groups excluding carboxylic acids is 2. The summed E-state index contributed by atoms with van der Waals surface area (Å²) in [6, 6.07) is 0. The molecule has 0 heterocycles. The van der Waals surface area contributed by atoms with Gasteiger partial charge in [-0.15, -0.1) is 0 Å². The van der Waals surface area contributed by atoms with E-state index in [0.29, 0.717) is 32.9 Å². The smallest absolute Gasteiger partial charge is 0.220 e. The van der Waals surface area contributed by atoms with Crippen molar-refractivity contribution in [1.29, 1.82) is 0 Å². The lowest BCUT2D eigenvalue weighted by Gasteiger charge is -2.06. The zero-order valence-corrected chi connectivity index (χ0v) is 11.4. The van der Waals surface area contributed by atoms with Crippen LogP contribution in [0, 0.1) is 0 Å². The molecule has 2 amide bonds. The van der Waals surface area contributed by atoms with Crippen molar-refractivity contribution in [2.75, 3.05) is 46.1 Å². The van der Waals surface area contributed by atoms with Crippen molar-refractivity contribution in [3.05, 3.63) is 0 Å². The number of nitrogens with one attached hydrogen (secondary N) is 2. The van der Waals surface area contributed by atoms with Gasteiger partial charge in [0.25, 0.3) is 0 Å². The van der Waals surface area contributed by atoms with Crippen LogP contribution in [0.15, 0.2) is 0 Å². The first-order valence-corrected chi connectivity index (χ1v) is 6.50. The Morgan fingerprint density at radius 3 is 1.95 bits per heavy atom. The van der Waals surface area contributed by atoms with Crippen LogP contribution >= 0.6 is 0 Å². The molecule has 0 aromatic heterocycles. The number of aliphatic hydroxyl groups is 1. The maximum absolute atomic E-state index is 11.3. The van der Waals surface area contributed by atoms with Crippen LogP contribution in [0.25, 0.3) is 0 Å². The lowest BCUT2D eigenvalue weighted by molar-refractivity contribution is -0.126. The molecule has 7 heteroatoms. The quantitative estimate of drug-likeness (QED) is 0.399.